The molecule has 1 atom stereocenters. The van der Waals surface area contributed by atoms with Gasteiger partial charge in [0.05, 0.1) is 0 Å². The number of ether oxygens (including phenoxy) is 1. The minimum Gasteiger partial charge on any atom is -0.492 e. The monoisotopic (exact) mass is 364 g/mol. The van der Waals surface area contributed by atoms with Gasteiger partial charge in [0, 0.05) is 31.4 Å². The second-order valence-corrected chi connectivity index (χ2v) is 8.66. The molecule has 0 saturated carbocycles. The molecule has 0 amide bonds. The summed E-state index contributed by atoms with van der Waals surface area (Å²) in [5.74, 6) is 3.04. The highest BCUT2D eigenvalue weighted by molar-refractivity contribution is 8.00. The Morgan fingerprint density at radius 3 is 2.88 bits per heavy atom. The number of hydrogen-bond donors (Lipinski definition) is 2. The van der Waals surface area contributed by atoms with Crippen molar-refractivity contribution in [3.63, 3.8) is 0 Å². The summed E-state index contributed by atoms with van der Waals surface area (Å²) >= 11 is 2.06. The van der Waals surface area contributed by atoms with Crippen LogP contribution in [0.2, 0.25) is 0 Å². The Bertz CT molecular complexity index is 556. The number of likely N-dealkylation sites (N-methyl/N-ethyl adjacent to an activating group) is 1. The van der Waals surface area contributed by atoms with E-state index in [2.05, 4.69) is 51.3 Å². The Hall–Kier alpha value is -1.40. The van der Waals surface area contributed by atoms with Crippen molar-refractivity contribution in [1.82, 2.24) is 15.5 Å². The highest BCUT2D eigenvalue weighted by Crippen LogP contribution is 2.36. The van der Waals surface area contributed by atoms with Gasteiger partial charge in [0.1, 0.15) is 12.4 Å². The average Bonchev–Trinajstić information content (AvgIpc) is 3.02. The first-order valence-electron chi connectivity index (χ1n) is 8.96. The molecule has 0 spiro atoms. The number of aliphatic imine (C=N–C) groups is 1. The summed E-state index contributed by atoms with van der Waals surface area (Å²) in [6.07, 6.45) is 2.59. The van der Waals surface area contributed by atoms with Crippen LogP contribution in [0.15, 0.2) is 29.3 Å². The molecule has 0 radical (unpaired) electrons. The minimum atomic E-state index is 0.331. The fourth-order valence-electron chi connectivity index (χ4n) is 2.74. The lowest BCUT2D eigenvalue weighted by molar-refractivity contribution is 0.261. The first kappa shape index (κ1) is 19.9. The largest absolute Gasteiger partial charge is 0.492 e. The highest BCUT2D eigenvalue weighted by Gasteiger charge is 2.29. The Morgan fingerprint density at radius 1 is 1.36 bits per heavy atom. The third kappa shape index (κ3) is 7.16. The Balaban J connectivity index is 1.78. The number of thioether (sulfide) groups is 1. The van der Waals surface area contributed by atoms with Crippen LogP contribution in [-0.2, 0) is 6.54 Å². The molecular weight excluding hydrogens is 332 g/mol. The maximum atomic E-state index is 5.80. The van der Waals surface area contributed by atoms with Gasteiger partial charge < -0.3 is 20.3 Å². The zero-order valence-electron chi connectivity index (χ0n) is 16.0. The molecule has 0 aromatic heterocycles. The van der Waals surface area contributed by atoms with Gasteiger partial charge in [0.2, 0.25) is 0 Å². The number of guanidine groups is 1. The van der Waals surface area contributed by atoms with E-state index in [1.165, 1.54) is 24.2 Å². The number of rotatable bonds is 8. The molecule has 0 bridgehead atoms. The molecule has 2 rings (SSSR count). The molecule has 1 aliphatic heterocycles. The molecule has 1 fully saturated rings. The number of nitrogens with zero attached hydrogens (tertiary/aromatic N) is 2. The van der Waals surface area contributed by atoms with E-state index in [-0.39, 0.29) is 0 Å². The first-order valence-corrected chi connectivity index (χ1v) is 9.94. The van der Waals surface area contributed by atoms with Crippen molar-refractivity contribution in [1.29, 1.82) is 0 Å². The van der Waals surface area contributed by atoms with Crippen molar-refractivity contribution in [3.8, 4) is 5.75 Å². The number of hydrogen-bond acceptors (Lipinski definition) is 4. The summed E-state index contributed by atoms with van der Waals surface area (Å²) in [4.78, 5) is 6.45. The van der Waals surface area contributed by atoms with Crippen molar-refractivity contribution >= 4 is 17.7 Å². The van der Waals surface area contributed by atoms with Crippen LogP contribution in [0.5, 0.6) is 5.75 Å². The second-order valence-electron chi connectivity index (χ2n) is 6.98. The van der Waals surface area contributed by atoms with Crippen molar-refractivity contribution in [2.45, 2.75) is 31.1 Å². The zero-order chi connectivity index (χ0) is 18.1. The van der Waals surface area contributed by atoms with Crippen molar-refractivity contribution in [2.75, 3.05) is 46.6 Å². The summed E-state index contributed by atoms with van der Waals surface area (Å²) in [5.41, 5.74) is 1.19. The molecule has 5 nitrogen and oxygen atoms in total. The van der Waals surface area contributed by atoms with Gasteiger partial charge >= 0.3 is 0 Å². The van der Waals surface area contributed by atoms with E-state index in [0.29, 0.717) is 11.4 Å². The molecule has 0 aliphatic carbocycles. The molecule has 1 heterocycles. The Morgan fingerprint density at radius 2 is 2.20 bits per heavy atom. The van der Waals surface area contributed by atoms with E-state index in [4.69, 9.17) is 4.74 Å². The van der Waals surface area contributed by atoms with E-state index in [1.54, 1.807) is 0 Å². The summed E-state index contributed by atoms with van der Waals surface area (Å²) < 4.78 is 6.13. The van der Waals surface area contributed by atoms with Crippen LogP contribution >= 0.6 is 11.8 Å². The fourth-order valence-corrected chi connectivity index (χ4v) is 3.99. The predicted molar refractivity (Wildman–Crippen MR) is 109 cm³/mol. The van der Waals surface area contributed by atoms with E-state index < -0.39 is 0 Å². The average molecular weight is 365 g/mol. The van der Waals surface area contributed by atoms with Gasteiger partial charge in [-0.05, 0) is 57.3 Å². The van der Waals surface area contributed by atoms with E-state index in [1.807, 2.05) is 33.3 Å². The molecule has 1 aliphatic rings. The van der Waals surface area contributed by atoms with Crippen LogP contribution in [0.1, 0.15) is 25.3 Å². The predicted octanol–water partition coefficient (Wildman–Crippen LogP) is 2.58. The standard InChI is InChI=1S/C19H32N4OS/c1-19(9-6-12-25-19)15-22-18(20-2)21-14-16-7-5-8-17(13-16)24-11-10-23(3)4/h5,7-8,13H,6,9-12,14-15H2,1-4H3,(H2,20,21,22). The SMILES string of the molecule is CN=C(NCc1cccc(OCCN(C)C)c1)NCC1(C)CCCS1. The van der Waals surface area contributed by atoms with Gasteiger partial charge in [-0.15, -0.1) is 0 Å². The van der Waals surface area contributed by atoms with Crippen molar-refractivity contribution in [3.05, 3.63) is 29.8 Å². The third-order valence-corrected chi connectivity index (χ3v) is 5.86. The molecule has 6 heteroatoms. The van der Waals surface area contributed by atoms with Gasteiger partial charge in [-0.3, -0.25) is 4.99 Å². The minimum absolute atomic E-state index is 0.331. The topological polar surface area (TPSA) is 48.9 Å². The van der Waals surface area contributed by atoms with Gasteiger partial charge in [0.15, 0.2) is 5.96 Å². The van der Waals surface area contributed by atoms with Crippen LogP contribution < -0.4 is 15.4 Å². The molecule has 1 saturated heterocycles. The Kier molecular flexibility index (Phi) is 7.90. The molecule has 1 unspecified atom stereocenters. The fraction of sp³-hybridized carbons (Fsp3) is 0.632. The molecule has 1 aromatic rings. The first-order chi connectivity index (χ1) is 12.0. The van der Waals surface area contributed by atoms with Gasteiger partial charge in [-0.2, -0.15) is 11.8 Å². The lowest BCUT2D eigenvalue weighted by Crippen LogP contribution is -2.43. The van der Waals surface area contributed by atoms with E-state index in [0.717, 1.165) is 31.3 Å². The van der Waals surface area contributed by atoms with Crippen LogP contribution in [0, 0.1) is 0 Å². The third-order valence-electron chi connectivity index (χ3n) is 4.32. The highest BCUT2D eigenvalue weighted by atomic mass is 32.2. The van der Waals surface area contributed by atoms with Gasteiger partial charge in [-0.25, -0.2) is 0 Å². The molecule has 1 aromatic carbocycles. The Labute approximate surface area is 156 Å². The van der Waals surface area contributed by atoms with Gasteiger partial charge in [0.25, 0.3) is 0 Å². The quantitative estimate of drug-likeness (QED) is 0.548. The van der Waals surface area contributed by atoms with Gasteiger partial charge in [-0.1, -0.05) is 12.1 Å². The second kappa shape index (κ2) is 9.92. The number of benzene rings is 1. The zero-order valence-corrected chi connectivity index (χ0v) is 16.8. The van der Waals surface area contributed by atoms with Crippen LogP contribution in [-0.4, -0.2) is 62.2 Å². The molecule has 2 N–H and O–H groups in total. The van der Waals surface area contributed by atoms with Crippen LogP contribution in [0.4, 0.5) is 0 Å². The summed E-state index contributed by atoms with van der Waals surface area (Å²) in [5, 5.41) is 6.86. The molecule has 25 heavy (non-hydrogen) atoms. The maximum absolute atomic E-state index is 5.80. The lowest BCUT2D eigenvalue weighted by Gasteiger charge is -2.24. The normalized spacial score (nSPS) is 20.8. The van der Waals surface area contributed by atoms with Crippen molar-refractivity contribution < 1.29 is 4.74 Å². The smallest absolute Gasteiger partial charge is 0.191 e. The van der Waals surface area contributed by atoms with Crippen molar-refractivity contribution in [2.24, 2.45) is 4.99 Å². The summed E-state index contributed by atoms with van der Waals surface area (Å²) in [6.45, 7) is 5.62. The lowest BCUT2D eigenvalue weighted by atomic mass is 10.1. The molecule has 140 valence electrons. The van der Waals surface area contributed by atoms with Crippen LogP contribution in [0.25, 0.3) is 0 Å². The molecular formula is C19H32N4OS. The van der Waals surface area contributed by atoms with E-state index >= 15 is 0 Å². The van der Waals surface area contributed by atoms with E-state index in [9.17, 15) is 0 Å². The van der Waals surface area contributed by atoms with Crippen LogP contribution in [0.3, 0.4) is 0 Å². The summed E-state index contributed by atoms with van der Waals surface area (Å²) in [6, 6.07) is 8.23. The number of nitrogens with one attached hydrogen (secondary N) is 2. The maximum Gasteiger partial charge on any atom is 0.191 e. The summed E-state index contributed by atoms with van der Waals surface area (Å²) in [7, 11) is 5.92.